The highest BCUT2D eigenvalue weighted by Gasteiger charge is 2.35. The normalized spacial score (nSPS) is 27.3. The van der Waals surface area contributed by atoms with Crippen molar-refractivity contribution in [1.82, 2.24) is 4.90 Å². The molecule has 0 spiro atoms. The Bertz CT molecular complexity index is 443. The number of thiophene rings is 1. The average molecular weight is 264 g/mol. The number of nitrogens with zero attached hydrogens (tertiary/aromatic N) is 1. The van der Waals surface area contributed by atoms with E-state index in [1.54, 1.807) is 11.3 Å². The van der Waals surface area contributed by atoms with E-state index in [0.717, 1.165) is 38.6 Å². The molecule has 0 bridgehead atoms. The van der Waals surface area contributed by atoms with Gasteiger partial charge in [0.1, 0.15) is 0 Å². The third-order valence-electron chi connectivity index (χ3n) is 4.28. The number of hydrogen-bond donors (Lipinski definition) is 1. The molecule has 2 N–H and O–H groups in total. The molecule has 2 heterocycles. The van der Waals surface area contributed by atoms with E-state index in [2.05, 4.69) is 11.4 Å². The Hall–Kier alpha value is -0.870. The molecule has 3 rings (SSSR count). The van der Waals surface area contributed by atoms with Crippen LogP contribution >= 0.6 is 11.3 Å². The van der Waals surface area contributed by atoms with Crippen LogP contribution in [0.4, 0.5) is 0 Å². The lowest BCUT2D eigenvalue weighted by molar-refractivity contribution is -0.133. The molecule has 98 valence electrons. The first-order chi connectivity index (χ1) is 8.81. The van der Waals surface area contributed by atoms with Crippen molar-refractivity contribution >= 4 is 17.2 Å². The van der Waals surface area contributed by atoms with Crippen LogP contribution in [0.3, 0.4) is 0 Å². The number of aryl methyl sites for hydroxylation is 1. The standard InChI is InChI=1S/C14H20N2OS/c15-9-10-3-2-7-16(10)14(17)12-4-1-5-13-11(12)6-8-18-13/h6,8,10,12H,1-5,7,9,15H2. The Morgan fingerprint density at radius 3 is 3.17 bits per heavy atom. The fourth-order valence-corrected chi connectivity index (χ4v) is 4.30. The fraction of sp³-hybridized carbons (Fsp3) is 0.643. The smallest absolute Gasteiger partial charge is 0.230 e. The van der Waals surface area contributed by atoms with E-state index < -0.39 is 0 Å². The molecule has 2 aliphatic rings. The molecule has 1 amide bonds. The average Bonchev–Trinajstić information content (AvgIpc) is 3.05. The molecule has 2 atom stereocenters. The summed E-state index contributed by atoms with van der Waals surface area (Å²) in [5.74, 6) is 0.425. The first kappa shape index (κ1) is 12.2. The van der Waals surface area contributed by atoms with Gasteiger partial charge in [-0.3, -0.25) is 4.79 Å². The zero-order valence-corrected chi connectivity index (χ0v) is 11.4. The van der Waals surface area contributed by atoms with Gasteiger partial charge in [-0.25, -0.2) is 0 Å². The van der Waals surface area contributed by atoms with Crippen LogP contribution in [0.25, 0.3) is 0 Å². The predicted molar refractivity (Wildman–Crippen MR) is 73.8 cm³/mol. The van der Waals surface area contributed by atoms with Gasteiger partial charge >= 0.3 is 0 Å². The van der Waals surface area contributed by atoms with Gasteiger partial charge in [0.05, 0.1) is 5.92 Å². The van der Waals surface area contributed by atoms with Gasteiger partial charge in [0, 0.05) is 24.0 Å². The van der Waals surface area contributed by atoms with Gasteiger partial charge in [-0.15, -0.1) is 11.3 Å². The number of amides is 1. The van der Waals surface area contributed by atoms with Gasteiger partial charge in [-0.1, -0.05) is 0 Å². The lowest BCUT2D eigenvalue weighted by Gasteiger charge is -2.30. The van der Waals surface area contributed by atoms with Gasteiger partial charge in [-0.05, 0) is 49.1 Å². The minimum atomic E-state index is 0.104. The summed E-state index contributed by atoms with van der Waals surface area (Å²) >= 11 is 1.80. The quantitative estimate of drug-likeness (QED) is 0.889. The number of carbonyl (C=O) groups is 1. The van der Waals surface area contributed by atoms with Crippen molar-refractivity contribution in [3.8, 4) is 0 Å². The number of likely N-dealkylation sites (tertiary alicyclic amines) is 1. The molecule has 3 nitrogen and oxygen atoms in total. The van der Waals surface area contributed by atoms with E-state index in [4.69, 9.17) is 5.73 Å². The van der Waals surface area contributed by atoms with E-state index in [9.17, 15) is 4.79 Å². The summed E-state index contributed by atoms with van der Waals surface area (Å²) in [7, 11) is 0. The van der Waals surface area contributed by atoms with Gasteiger partial charge in [-0.2, -0.15) is 0 Å². The maximum atomic E-state index is 12.7. The van der Waals surface area contributed by atoms with Crippen LogP contribution in [0.15, 0.2) is 11.4 Å². The Labute approximate surface area is 112 Å². The molecule has 4 heteroatoms. The third-order valence-corrected chi connectivity index (χ3v) is 5.28. The highest BCUT2D eigenvalue weighted by Crippen LogP contribution is 2.37. The zero-order valence-electron chi connectivity index (χ0n) is 10.6. The summed E-state index contributed by atoms with van der Waals surface area (Å²) in [6.07, 6.45) is 5.49. The Balaban J connectivity index is 1.82. The van der Waals surface area contributed by atoms with Crippen molar-refractivity contribution in [3.63, 3.8) is 0 Å². The second kappa shape index (κ2) is 5.02. The van der Waals surface area contributed by atoms with E-state index in [-0.39, 0.29) is 12.0 Å². The molecule has 2 unspecified atom stereocenters. The zero-order chi connectivity index (χ0) is 12.5. The highest BCUT2D eigenvalue weighted by molar-refractivity contribution is 7.10. The number of carbonyl (C=O) groups excluding carboxylic acids is 1. The summed E-state index contributed by atoms with van der Waals surface area (Å²) in [5, 5.41) is 2.13. The summed E-state index contributed by atoms with van der Waals surface area (Å²) in [4.78, 5) is 16.2. The lowest BCUT2D eigenvalue weighted by atomic mass is 9.86. The topological polar surface area (TPSA) is 46.3 Å². The minimum absolute atomic E-state index is 0.104. The van der Waals surface area contributed by atoms with Crippen LogP contribution < -0.4 is 5.73 Å². The van der Waals surface area contributed by atoms with Crippen molar-refractivity contribution in [2.45, 2.75) is 44.1 Å². The molecule has 1 aromatic heterocycles. The van der Waals surface area contributed by atoms with Crippen LogP contribution in [0, 0.1) is 0 Å². The summed E-state index contributed by atoms with van der Waals surface area (Å²) in [6.45, 7) is 1.51. The molecule has 18 heavy (non-hydrogen) atoms. The Kier molecular flexibility index (Phi) is 3.39. The third kappa shape index (κ3) is 1.97. The molecular formula is C14H20N2OS. The molecule has 1 saturated heterocycles. The second-order valence-corrected chi connectivity index (χ2v) is 6.31. The monoisotopic (exact) mass is 264 g/mol. The van der Waals surface area contributed by atoms with Crippen LogP contribution in [-0.2, 0) is 11.2 Å². The van der Waals surface area contributed by atoms with Gasteiger partial charge in [0.15, 0.2) is 0 Å². The second-order valence-electron chi connectivity index (χ2n) is 5.31. The first-order valence-corrected chi connectivity index (χ1v) is 7.76. The van der Waals surface area contributed by atoms with E-state index in [0.29, 0.717) is 12.5 Å². The lowest BCUT2D eigenvalue weighted by Crippen LogP contribution is -2.42. The molecular weight excluding hydrogens is 244 g/mol. The summed E-state index contributed by atoms with van der Waals surface area (Å²) in [5.41, 5.74) is 7.07. The van der Waals surface area contributed by atoms with Crippen LogP contribution in [-0.4, -0.2) is 29.9 Å². The van der Waals surface area contributed by atoms with E-state index in [1.807, 2.05) is 4.90 Å². The minimum Gasteiger partial charge on any atom is -0.338 e. The maximum absolute atomic E-state index is 12.7. The first-order valence-electron chi connectivity index (χ1n) is 6.88. The molecule has 0 saturated carbocycles. The van der Waals surface area contributed by atoms with Crippen molar-refractivity contribution < 1.29 is 4.79 Å². The highest BCUT2D eigenvalue weighted by atomic mass is 32.1. The largest absolute Gasteiger partial charge is 0.338 e. The van der Waals surface area contributed by atoms with Crippen LogP contribution in [0.2, 0.25) is 0 Å². The molecule has 0 radical (unpaired) electrons. The predicted octanol–water partition coefficient (Wildman–Crippen LogP) is 2.12. The summed E-state index contributed by atoms with van der Waals surface area (Å²) < 4.78 is 0. The van der Waals surface area contributed by atoms with Crippen LogP contribution in [0.5, 0.6) is 0 Å². The summed E-state index contributed by atoms with van der Waals surface area (Å²) in [6, 6.07) is 2.43. The number of fused-ring (bicyclic) bond motifs is 1. The molecule has 1 aliphatic heterocycles. The van der Waals surface area contributed by atoms with Crippen molar-refractivity contribution in [3.05, 3.63) is 21.9 Å². The maximum Gasteiger partial charge on any atom is 0.230 e. The molecule has 1 aliphatic carbocycles. The van der Waals surface area contributed by atoms with Gasteiger partial charge in [0.25, 0.3) is 0 Å². The Morgan fingerprint density at radius 2 is 2.33 bits per heavy atom. The number of nitrogens with two attached hydrogens (primary N) is 1. The van der Waals surface area contributed by atoms with Gasteiger partial charge in [0.2, 0.25) is 5.91 Å². The molecule has 1 fully saturated rings. The Morgan fingerprint density at radius 1 is 1.44 bits per heavy atom. The molecule has 0 aromatic carbocycles. The molecule has 1 aromatic rings. The van der Waals surface area contributed by atoms with Crippen LogP contribution in [0.1, 0.15) is 42.0 Å². The number of hydrogen-bond acceptors (Lipinski definition) is 3. The van der Waals surface area contributed by atoms with Gasteiger partial charge < -0.3 is 10.6 Å². The SMILES string of the molecule is NCC1CCCN1C(=O)C1CCCc2sccc21. The van der Waals surface area contributed by atoms with E-state index >= 15 is 0 Å². The fourth-order valence-electron chi connectivity index (χ4n) is 3.31. The van der Waals surface area contributed by atoms with Crippen molar-refractivity contribution in [2.75, 3.05) is 13.1 Å². The van der Waals surface area contributed by atoms with E-state index in [1.165, 1.54) is 10.4 Å². The van der Waals surface area contributed by atoms with Crippen molar-refractivity contribution in [1.29, 1.82) is 0 Å². The van der Waals surface area contributed by atoms with Crippen molar-refractivity contribution in [2.24, 2.45) is 5.73 Å². The number of rotatable bonds is 2.